The molecule has 2 rings (SSSR count). The van der Waals surface area contributed by atoms with Crippen LogP contribution in [0.15, 0.2) is 36.5 Å². The molecule has 1 N–H and O–H groups in total. The monoisotopic (exact) mass is 284 g/mol. The van der Waals surface area contributed by atoms with Crippen LogP contribution in [0, 0.1) is 6.92 Å². The minimum absolute atomic E-state index is 0.810. The summed E-state index contributed by atoms with van der Waals surface area (Å²) in [5.41, 5.74) is 4.43. The largest absolute Gasteiger partial charge is 0.366 e. The minimum atomic E-state index is 0.810. The van der Waals surface area contributed by atoms with E-state index in [4.69, 9.17) is 0 Å². The van der Waals surface area contributed by atoms with Gasteiger partial charge in [0.2, 0.25) is 0 Å². The van der Waals surface area contributed by atoms with Crippen LogP contribution in [0.2, 0.25) is 0 Å². The van der Waals surface area contributed by atoms with E-state index < -0.39 is 0 Å². The molecule has 0 aromatic carbocycles. The molecule has 0 aliphatic rings. The number of nitrogens with zero attached hydrogens (tertiary/aromatic N) is 3. The van der Waals surface area contributed by atoms with Gasteiger partial charge in [0.05, 0.1) is 17.9 Å². The van der Waals surface area contributed by atoms with Crippen molar-refractivity contribution < 1.29 is 0 Å². The number of anilines is 1. The fourth-order valence-electron chi connectivity index (χ4n) is 2.28. The average Bonchev–Trinajstić information content (AvgIpc) is 2.51. The summed E-state index contributed by atoms with van der Waals surface area (Å²) < 4.78 is 0. The van der Waals surface area contributed by atoms with Gasteiger partial charge in [-0.05, 0) is 44.7 Å². The SMILES string of the molecule is CCNCc1cc(N(CC)Cc2cccc(C)n2)ccn1. The fraction of sp³-hybridized carbons (Fsp3) is 0.412. The highest BCUT2D eigenvalue weighted by molar-refractivity contribution is 5.46. The molecule has 21 heavy (non-hydrogen) atoms. The van der Waals surface area contributed by atoms with Crippen LogP contribution in [-0.2, 0) is 13.1 Å². The van der Waals surface area contributed by atoms with Crippen molar-refractivity contribution in [2.45, 2.75) is 33.9 Å². The van der Waals surface area contributed by atoms with Gasteiger partial charge < -0.3 is 10.2 Å². The van der Waals surface area contributed by atoms with Crippen LogP contribution in [0.4, 0.5) is 5.69 Å². The molecule has 4 nitrogen and oxygen atoms in total. The zero-order valence-corrected chi connectivity index (χ0v) is 13.1. The number of rotatable bonds is 7. The Morgan fingerprint density at radius 3 is 2.71 bits per heavy atom. The Morgan fingerprint density at radius 2 is 2.00 bits per heavy atom. The van der Waals surface area contributed by atoms with Gasteiger partial charge in [-0.25, -0.2) is 0 Å². The summed E-state index contributed by atoms with van der Waals surface area (Å²) in [5, 5.41) is 3.31. The summed E-state index contributed by atoms with van der Waals surface area (Å²) in [5.74, 6) is 0. The standard InChI is InChI=1S/C17H24N4/c1-4-18-12-16-11-17(9-10-19-16)21(5-2)13-15-8-6-7-14(3)20-15/h6-11,18H,4-5,12-13H2,1-3H3. The smallest absolute Gasteiger partial charge is 0.0602 e. The molecule has 0 saturated heterocycles. The third-order valence-corrected chi connectivity index (χ3v) is 3.40. The van der Waals surface area contributed by atoms with Gasteiger partial charge in [-0.15, -0.1) is 0 Å². The Labute approximate surface area is 127 Å². The number of nitrogens with one attached hydrogen (secondary N) is 1. The third-order valence-electron chi connectivity index (χ3n) is 3.40. The molecule has 0 unspecified atom stereocenters. The first-order valence-electron chi connectivity index (χ1n) is 7.56. The van der Waals surface area contributed by atoms with Gasteiger partial charge in [0.25, 0.3) is 0 Å². The Balaban J connectivity index is 2.13. The lowest BCUT2D eigenvalue weighted by Crippen LogP contribution is -2.23. The quantitative estimate of drug-likeness (QED) is 0.849. The van der Waals surface area contributed by atoms with E-state index in [1.54, 1.807) is 0 Å². The van der Waals surface area contributed by atoms with Crippen LogP contribution in [0.25, 0.3) is 0 Å². The molecule has 0 bridgehead atoms. The van der Waals surface area contributed by atoms with Gasteiger partial charge in [0, 0.05) is 30.7 Å². The van der Waals surface area contributed by atoms with E-state index >= 15 is 0 Å². The Morgan fingerprint density at radius 1 is 1.14 bits per heavy atom. The highest BCUT2D eigenvalue weighted by atomic mass is 15.1. The minimum Gasteiger partial charge on any atom is -0.366 e. The summed E-state index contributed by atoms with van der Waals surface area (Å²) >= 11 is 0. The van der Waals surface area contributed by atoms with Gasteiger partial charge in [0.1, 0.15) is 0 Å². The Hall–Kier alpha value is -1.94. The predicted molar refractivity (Wildman–Crippen MR) is 87.3 cm³/mol. The first-order valence-corrected chi connectivity index (χ1v) is 7.56. The first-order chi connectivity index (χ1) is 10.2. The number of aromatic nitrogens is 2. The number of pyridine rings is 2. The van der Waals surface area contributed by atoms with Crippen molar-refractivity contribution in [2.24, 2.45) is 0 Å². The number of hydrogen-bond donors (Lipinski definition) is 1. The summed E-state index contributed by atoms with van der Waals surface area (Å²) in [6.45, 7) is 9.83. The van der Waals surface area contributed by atoms with E-state index in [0.29, 0.717) is 0 Å². The topological polar surface area (TPSA) is 41.0 Å². The van der Waals surface area contributed by atoms with Crippen LogP contribution >= 0.6 is 0 Å². The zero-order chi connectivity index (χ0) is 15.1. The molecule has 0 amide bonds. The summed E-state index contributed by atoms with van der Waals surface area (Å²) in [6.07, 6.45) is 1.88. The zero-order valence-electron chi connectivity index (χ0n) is 13.1. The normalized spacial score (nSPS) is 10.6. The van der Waals surface area contributed by atoms with Gasteiger partial charge in [-0.1, -0.05) is 13.0 Å². The van der Waals surface area contributed by atoms with E-state index in [9.17, 15) is 0 Å². The molecular weight excluding hydrogens is 260 g/mol. The van der Waals surface area contributed by atoms with Crippen LogP contribution in [0.5, 0.6) is 0 Å². The van der Waals surface area contributed by atoms with E-state index in [2.05, 4.69) is 58.3 Å². The number of aryl methyl sites for hydroxylation is 1. The van der Waals surface area contributed by atoms with Crippen molar-refractivity contribution in [3.8, 4) is 0 Å². The van der Waals surface area contributed by atoms with Gasteiger partial charge in [-0.2, -0.15) is 0 Å². The molecule has 0 radical (unpaired) electrons. The molecule has 0 aliphatic heterocycles. The van der Waals surface area contributed by atoms with Crippen LogP contribution in [0.3, 0.4) is 0 Å². The Bertz CT molecular complexity index is 568. The molecule has 2 aromatic heterocycles. The average molecular weight is 284 g/mol. The Kier molecular flexibility index (Phi) is 5.69. The maximum absolute atomic E-state index is 4.59. The van der Waals surface area contributed by atoms with E-state index in [0.717, 1.165) is 43.3 Å². The summed E-state index contributed by atoms with van der Waals surface area (Å²) in [7, 11) is 0. The second-order valence-corrected chi connectivity index (χ2v) is 5.07. The fourth-order valence-corrected chi connectivity index (χ4v) is 2.28. The van der Waals surface area contributed by atoms with E-state index in [-0.39, 0.29) is 0 Å². The third kappa shape index (κ3) is 4.53. The first kappa shape index (κ1) is 15.4. The van der Waals surface area contributed by atoms with Crippen LogP contribution in [-0.4, -0.2) is 23.1 Å². The second kappa shape index (κ2) is 7.74. The van der Waals surface area contributed by atoms with Crippen molar-refractivity contribution in [3.05, 3.63) is 53.6 Å². The van der Waals surface area contributed by atoms with Crippen molar-refractivity contribution in [1.29, 1.82) is 0 Å². The van der Waals surface area contributed by atoms with Crippen molar-refractivity contribution in [3.63, 3.8) is 0 Å². The van der Waals surface area contributed by atoms with Gasteiger partial charge >= 0.3 is 0 Å². The van der Waals surface area contributed by atoms with Gasteiger partial charge in [-0.3, -0.25) is 9.97 Å². The molecule has 0 fully saturated rings. The summed E-state index contributed by atoms with van der Waals surface area (Å²) in [4.78, 5) is 11.3. The molecule has 0 saturated carbocycles. The number of hydrogen-bond acceptors (Lipinski definition) is 4. The van der Waals surface area contributed by atoms with Gasteiger partial charge in [0.15, 0.2) is 0 Å². The van der Waals surface area contributed by atoms with E-state index in [1.807, 2.05) is 19.2 Å². The lowest BCUT2D eigenvalue weighted by molar-refractivity contribution is 0.709. The molecule has 4 heteroatoms. The maximum Gasteiger partial charge on any atom is 0.0602 e. The molecule has 112 valence electrons. The molecule has 2 aromatic rings. The molecule has 0 spiro atoms. The lowest BCUT2D eigenvalue weighted by atomic mass is 10.2. The molecule has 0 atom stereocenters. The van der Waals surface area contributed by atoms with Crippen molar-refractivity contribution >= 4 is 5.69 Å². The highest BCUT2D eigenvalue weighted by Gasteiger charge is 2.07. The second-order valence-electron chi connectivity index (χ2n) is 5.07. The molecule has 0 aliphatic carbocycles. The van der Waals surface area contributed by atoms with Crippen LogP contribution in [0.1, 0.15) is 30.9 Å². The highest BCUT2D eigenvalue weighted by Crippen LogP contribution is 2.17. The van der Waals surface area contributed by atoms with Crippen molar-refractivity contribution in [2.75, 3.05) is 18.0 Å². The van der Waals surface area contributed by atoms with Crippen molar-refractivity contribution in [1.82, 2.24) is 15.3 Å². The molecular formula is C17H24N4. The lowest BCUT2D eigenvalue weighted by Gasteiger charge is -2.23. The summed E-state index contributed by atoms with van der Waals surface area (Å²) in [6, 6.07) is 10.4. The van der Waals surface area contributed by atoms with E-state index in [1.165, 1.54) is 5.69 Å². The van der Waals surface area contributed by atoms with Crippen LogP contribution < -0.4 is 10.2 Å². The molecule has 2 heterocycles. The predicted octanol–water partition coefficient (Wildman–Crippen LogP) is 2.92. The maximum atomic E-state index is 4.59.